The molecule has 0 aromatic heterocycles. The quantitative estimate of drug-likeness (QED) is 0.278. The van der Waals surface area contributed by atoms with Gasteiger partial charge in [-0.1, -0.05) is 62.9 Å². The van der Waals surface area contributed by atoms with Crippen molar-refractivity contribution >= 4 is 13.5 Å². The summed E-state index contributed by atoms with van der Waals surface area (Å²) in [6, 6.07) is 6.63. The van der Waals surface area contributed by atoms with Gasteiger partial charge in [0.25, 0.3) is 11.5 Å². The Bertz CT molecular complexity index is 707. The predicted molar refractivity (Wildman–Crippen MR) is 113 cm³/mol. The maximum absolute atomic E-state index is 14.2. The Labute approximate surface area is 182 Å². The zero-order chi connectivity index (χ0) is 23.5. The van der Waals surface area contributed by atoms with Crippen LogP contribution in [0.1, 0.15) is 58.4 Å². The number of carbonyl (C=O) groups is 1. The number of ether oxygens (including phenoxy) is 1. The van der Waals surface area contributed by atoms with Crippen molar-refractivity contribution in [2.75, 3.05) is 20.3 Å². The second-order valence-corrected chi connectivity index (χ2v) is 9.18. The first-order chi connectivity index (χ1) is 14.6. The third kappa shape index (κ3) is 6.78. The van der Waals surface area contributed by atoms with Crippen LogP contribution in [0.5, 0.6) is 0 Å². The molecule has 2 atom stereocenters. The summed E-state index contributed by atoms with van der Waals surface area (Å²) < 4.78 is 71.4. The molecule has 0 bridgehead atoms. The molecule has 1 amide bonds. The molecule has 0 aliphatic rings. The van der Waals surface area contributed by atoms with Gasteiger partial charge in [-0.2, -0.15) is 13.2 Å². The Morgan fingerprint density at radius 3 is 2.06 bits per heavy atom. The second kappa shape index (κ2) is 12.6. The molecule has 0 aliphatic heterocycles. The highest BCUT2D eigenvalue weighted by atomic mass is 31.2. The molecular weight excluding hydrogens is 434 g/mol. The SMILES string of the molecule is CCCCCC[C@@H](NC(=O)[C@@](OC)(c1ccccc1)C(F)(F)F)P(=O)(OCC)OCC. The van der Waals surface area contributed by atoms with Crippen LogP contribution in [0.25, 0.3) is 0 Å². The minimum absolute atomic E-state index is 0.0198. The summed E-state index contributed by atoms with van der Waals surface area (Å²) in [6.07, 6.45) is -1.76. The van der Waals surface area contributed by atoms with Gasteiger partial charge in [0.05, 0.1) is 13.2 Å². The van der Waals surface area contributed by atoms with Gasteiger partial charge in [-0.15, -0.1) is 0 Å². The van der Waals surface area contributed by atoms with E-state index in [9.17, 15) is 22.5 Å². The standard InChI is InChI=1S/C21H33F3NO5P/c1-5-8-9-13-16-18(31(27,29-6-2)30-7-3)25-19(26)20(28-4,21(22,23)24)17-14-11-10-12-15-17/h10-12,14-15,18H,5-9,13,16H2,1-4H3,(H,25,26)/t18-,20-/m0/s1. The summed E-state index contributed by atoms with van der Waals surface area (Å²) in [5, 5.41) is 2.30. The number of benzene rings is 1. The minimum atomic E-state index is -5.07. The molecule has 0 aliphatic carbocycles. The van der Waals surface area contributed by atoms with Crippen LogP contribution in [-0.4, -0.2) is 38.2 Å². The van der Waals surface area contributed by atoms with E-state index in [1.54, 1.807) is 13.8 Å². The monoisotopic (exact) mass is 467 g/mol. The molecule has 10 heteroatoms. The summed E-state index contributed by atoms with van der Waals surface area (Å²) in [5.41, 5.74) is -3.64. The average Bonchev–Trinajstić information content (AvgIpc) is 2.71. The first-order valence-electron chi connectivity index (χ1n) is 10.5. The van der Waals surface area contributed by atoms with Crippen molar-refractivity contribution in [1.29, 1.82) is 0 Å². The van der Waals surface area contributed by atoms with Gasteiger partial charge in [-0.05, 0) is 20.3 Å². The number of alkyl halides is 3. The Morgan fingerprint density at radius 2 is 1.61 bits per heavy atom. The van der Waals surface area contributed by atoms with Crippen molar-refractivity contribution in [3.63, 3.8) is 0 Å². The highest BCUT2D eigenvalue weighted by Gasteiger charge is 2.63. The van der Waals surface area contributed by atoms with Crippen molar-refractivity contribution in [3.8, 4) is 0 Å². The average molecular weight is 467 g/mol. The van der Waals surface area contributed by atoms with Crippen LogP contribution in [0.15, 0.2) is 30.3 Å². The van der Waals surface area contributed by atoms with E-state index in [0.717, 1.165) is 38.5 Å². The van der Waals surface area contributed by atoms with Gasteiger partial charge in [0, 0.05) is 12.7 Å². The lowest BCUT2D eigenvalue weighted by Gasteiger charge is -2.36. The van der Waals surface area contributed by atoms with Crippen LogP contribution < -0.4 is 5.32 Å². The Kier molecular flexibility index (Phi) is 11.2. The van der Waals surface area contributed by atoms with E-state index in [4.69, 9.17) is 13.8 Å². The highest BCUT2D eigenvalue weighted by Crippen LogP contribution is 2.54. The molecule has 178 valence electrons. The smallest absolute Gasteiger partial charge is 0.356 e. The van der Waals surface area contributed by atoms with Crippen LogP contribution in [0.4, 0.5) is 13.2 Å². The van der Waals surface area contributed by atoms with E-state index >= 15 is 0 Å². The molecule has 31 heavy (non-hydrogen) atoms. The lowest BCUT2D eigenvalue weighted by atomic mass is 9.91. The Morgan fingerprint density at radius 1 is 1.03 bits per heavy atom. The fourth-order valence-electron chi connectivity index (χ4n) is 3.33. The van der Waals surface area contributed by atoms with Gasteiger partial charge in [-0.25, -0.2) is 0 Å². The van der Waals surface area contributed by atoms with E-state index in [1.165, 1.54) is 18.2 Å². The van der Waals surface area contributed by atoms with Gasteiger partial charge >= 0.3 is 13.8 Å². The topological polar surface area (TPSA) is 73.9 Å². The Hall–Kier alpha value is -1.41. The van der Waals surface area contributed by atoms with Crippen molar-refractivity contribution in [2.24, 2.45) is 0 Å². The van der Waals surface area contributed by atoms with Crippen molar-refractivity contribution in [1.82, 2.24) is 5.32 Å². The molecule has 1 rings (SSSR count). The highest BCUT2D eigenvalue weighted by molar-refractivity contribution is 7.54. The third-order valence-electron chi connectivity index (χ3n) is 4.83. The molecular formula is C21H33F3NO5P. The van der Waals surface area contributed by atoms with Crippen molar-refractivity contribution < 1.29 is 36.3 Å². The van der Waals surface area contributed by atoms with Crippen LogP contribution in [0.2, 0.25) is 0 Å². The first-order valence-corrected chi connectivity index (χ1v) is 12.1. The predicted octanol–water partition coefficient (Wildman–Crippen LogP) is 5.77. The number of hydrogen-bond donors (Lipinski definition) is 1. The Balaban J connectivity index is 3.35. The molecule has 6 nitrogen and oxygen atoms in total. The van der Waals surface area contributed by atoms with Gasteiger partial charge in [0.1, 0.15) is 5.78 Å². The molecule has 0 radical (unpaired) electrons. The fraction of sp³-hybridized carbons (Fsp3) is 0.667. The van der Waals surface area contributed by atoms with Gasteiger partial charge in [0.2, 0.25) is 0 Å². The number of rotatable bonds is 14. The van der Waals surface area contributed by atoms with Crippen LogP contribution >= 0.6 is 7.60 Å². The maximum atomic E-state index is 14.2. The van der Waals surface area contributed by atoms with Crippen molar-refractivity contribution in [2.45, 2.75) is 70.4 Å². The lowest BCUT2D eigenvalue weighted by molar-refractivity contribution is -0.266. The van der Waals surface area contributed by atoms with E-state index in [1.807, 2.05) is 6.92 Å². The molecule has 0 heterocycles. The third-order valence-corrected chi connectivity index (χ3v) is 7.22. The summed E-state index contributed by atoms with van der Waals surface area (Å²) in [6.45, 7) is 5.25. The largest absolute Gasteiger partial charge is 0.430 e. The molecule has 1 aromatic carbocycles. The van der Waals surface area contributed by atoms with E-state index < -0.39 is 31.1 Å². The zero-order valence-corrected chi connectivity index (χ0v) is 19.4. The normalized spacial score (nSPS) is 15.3. The lowest BCUT2D eigenvalue weighted by Crippen LogP contribution is -2.57. The number of unbranched alkanes of at least 4 members (excludes halogenated alkanes) is 3. The number of nitrogens with one attached hydrogen (secondary N) is 1. The van der Waals surface area contributed by atoms with Gasteiger partial charge < -0.3 is 19.1 Å². The van der Waals surface area contributed by atoms with E-state index in [2.05, 4.69) is 5.32 Å². The number of carbonyl (C=O) groups excluding carboxylic acids is 1. The molecule has 0 fully saturated rings. The summed E-state index contributed by atoms with van der Waals surface area (Å²) in [4.78, 5) is 13.1. The molecule has 1 N–H and O–H groups in total. The van der Waals surface area contributed by atoms with Gasteiger partial charge in [0.15, 0.2) is 0 Å². The van der Waals surface area contributed by atoms with Crippen LogP contribution in [-0.2, 0) is 28.7 Å². The molecule has 0 saturated carbocycles. The van der Waals surface area contributed by atoms with E-state index in [-0.39, 0.29) is 25.2 Å². The maximum Gasteiger partial charge on any atom is 0.430 e. The van der Waals surface area contributed by atoms with E-state index in [0.29, 0.717) is 6.42 Å². The first kappa shape index (κ1) is 27.6. The minimum Gasteiger partial charge on any atom is -0.356 e. The molecule has 0 saturated heterocycles. The number of methoxy groups -OCH3 is 1. The fourth-order valence-corrected chi connectivity index (χ4v) is 5.25. The summed E-state index contributed by atoms with van der Waals surface area (Å²) in [5.74, 6) is -2.70. The number of amides is 1. The zero-order valence-electron chi connectivity index (χ0n) is 18.5. The molecule has 1 aromatic rings. The number of hydrogen-bond acceptors (Lipinski definition) is 5. The molecule has 0 spiro atoms. The van der Waals surface area contributed by atoms with Crippen LogP contribution in [0.3, 0.4) is 0 Å². The number of halogens is 3. The van der Waals surface area contributed by atoms with Gasteiger partial charge in [-0.3, -0.25) is 9.36 Å². The summed E-state index contributed by atoms with van der Waals surface area (Å²) in [7, 11) is -3.09. The summed E-state index contributed by atoms with van der Waals surface area (Å²) >= 11 is 0. The second-order valence-electron chi connectivity index (χ2n) is 6.96. The van der Waals surface area contributed by atoms with Crippen molar-refractivity contribution in [3.05, 3.63) is 35.9 Å². The molecule has 0 unspecified atom stereocenters. The van der Waals surface area contributed by atoms with Crippen LogP contribution in [0, 0.1) is 0 Å².